The Morgan fingerprint density at radius 3 is 2.46 bits per heavy atom. The predicted molar refractivity (Wildman–Crippen MR) is 96.7 cm³/mol. The summed E-state index contributed by atoms with van der Waals surface area (Å²) in [6.45, 7) is 5.11. The van der Waals surface area contributed by atoms with Gasteiger partial charge in [0.25, 0.3) is 0 Å². The predicted octanol–water partition coefficient (Wildman–Crippen LogP) is 1.99. The van der Waals surface area contributed by atoms with E-state index in [1.165, 1.54) is 18.2 Å². The van der Waals surface area contributed by atoms with Gasteiger partial charge in [-0.2, -0.15) is 0 Å². The standard InChI is InChI=1S/C20H24N2O4/c1-2-18(24)21-11-3-5-15(13-21)20(26)22-12-4-6-17(22)19(25)14-7-9-16(23)10-8-14/h2,7-10,15,17,23H,1,3-6,11-13H2. The maximum absolute atomic E-state index is 13.0. The van der Waals surface area contributed by atoms with E-state index < -0.39 is 6.04 Å². The number of hydrogen-bond acceptors (Lipinski definition) is 4. The van der Waals surface area contributed by atoms with Crippen LogP contribution >= 0.6 is 0 Å². The van der Waals surface area contributed by atoms with Crippen molar-refractivity contribution in [2.45, 2.75) is 31.7 Å². The van der Waals surface area contributed by atoms with Crippen molar-refractivity contribution < 1.29 is 19.5 Å². The molecule has 2 atom stereocenters. The Bertz CT molecular complexity index is 713. The fraction of sp³-hybridized carbons (Fsp3) is 0.450. The van der Waals surface area contributed by atoms with Crippen LogP contribution in [-0.2, 0) is 9.59 Å². The van der Waals surface area contributed by atoms with Crippen LogP contribution in [0.25, 0.3) is 0 Å². The van der Waals surface area contributed by atoms with E-state index in [0.29, 0.717) is 31.6 Å². The minimum atomic E-state index is -0.461. The SMILES string of the molecule is C=CC(=O)N1CCCC(C(=O)N2CCCC2C(=O)c2ccc(O)cc2)C1. The molecule has 26 heavy (non-hydrogen) atoms. The van der Waals surface area contributed by atoms with Gasteiger partial charge < -0.3 is 14.9 Å². The molecule has 2 aliphatic heterocycles. The summed E-state index contributed by atoms with van der Waals surface area (Å²) < 4.78 is 0. The van der Waals surface area contributed by atoms with Gasteiger partial charge in [-0.3, -0.25) is 14.4 Å². The van der Waals surface area contributed by atoms with E-state index in [9.17, 15) is 19.5 Å². The van der Waals surface area contributed by atoms with Gasteiger partial charge in [0.2, 0.25) is 11.8 Å². The lowest BCUT2D eigenvalue weighted by Gasteiger charge is -2.35. The molecule has 1 aromatic carbocycles. The van der Waals surface area contributed by atoms with Crippen molar-refractivity contribution >= 4 is 17.6 Å². The molecule has 3 rings (SSSR count). The highest BCUT2D eigenvalue weighted by molar-refractivity contribution is 6.02. The molecule has 0 aliphatic carbocycles. The van der Waals surface area contributed by atoms with Gasteiger partial charge in [0, 0.05) is 25.2 Å². The van der Waals surface area contributed by atoms with Crippen molar-refractivity contribution in [2.24, 2.45) is 5.92 Å². The summed E-state index contributed by atoms with van der Waals surface area (Å²) in [5.74, 6) is -0.441. The molecule has 2 amide bonds. The Hall–Kier alpha value is -2.63. The Morgan fingerprint density at radius 1 is 1.08 bits per heavy atom. The Morgan fingerprint density at radius 2 is 1.77 bits per heavy atom. The summed E-state index contributed by atoms with van der Waals surface area (Å²) in [5, 5.41) is 9.39. The van der Waals surface area contributed by atoms with Gasteiger partial charge in [0.05, 0.1) is 12.0 Å². The molecule has 6 nitrogen and oxygen atoms in total. The number of piperidine rings is 1. The van der Waals surface area contributed by atoms with Crippen molar-refractivity contribution in [3.05, 3.63) is 42.5 Å². The number of carbonyl (C=O) groups is 3. The molecule has 2 saturated heterocycles. The van der Waals surface area contributed by atoms with Crippen molar-refractivity contribution in [1.82, 2.24) is 9.80 Å². The second-order valence-electron chi connectivity index (χ2n) is 6.93. The molecule has 1 aromatic rings. The first-order valence-electron chi connectivity index (χ1n) is 9.06. The van der Waals surface area contributed by atoms with Gasteiger partial charge >= 0.3 is 0 Å². The Kier molecular flexibility index (Phi) is 5.40. The number of aromatic hydroxyl groups is 1. The number of carbonyl (C=O) groups excluding carboxylic acids is 3. The van der Waals surface area contributed by atoms with Crippen LogP contribution in [-0.4, -0.2) is 58.2 Å². The van der Waals surface area contributed by atoms with E-state index in [1.54, 1.807) is 21.9 Å². The Balaban J connectivity index is 1.71. The summed E-state index contributed by atoms with van der Waals surface area (Å²) in [7, 11) is 0. The number of phenols is 1. The topological polar surface area (TPSA) is 77.9 Å². The minimum Gasteiger partial charge on any atom is -0.508 e. The number of nitrogens with zero attached hydrogens (tertiary/aromatic N) is 2. The van der Waals surface area contributed by atoms with Crippen molar-refractivity contribution in [3.63, 3.8) is 0 Å². The maximum Gasteiger partial charge on any atom is 0.245 e. The second kappa shape index (κ2) is 7.72. The third-order valence-corrected chi connectivity index (χ3v) is 5.25. The fourth-order valence-corrected chi connectivity index (χ4v) is 3.86. The number of amides is 2. The summed E-state index contributed by atoms with van der Waals surface area (Å²) in [5.41, 5.74) is 0.500. The quantitative estimate of drug-likeness (QED) is 0.661. The molecule has 0 radical (unpaired) electrons. The van der Waals surface area contributed by atoms with Crippen LogP contribution in [0.4, 0.5) is 0 Å². The summed E-state index contributed by atoms with van der Waals surface area (Å²) in [6, 6.07) is 5.67. The van der Waals surface area contributed by atoms with Crippen LogP contribution in [0.2, 0.25) is 0 Å². The zero-order valence-electron chi connectivity index (χ0n) is 14.8. The normalized spacial score (nSPS) is 22.9. The van der Waals surface area contributed by atoms with Crippen LogP contribution in [0.15, 0.2) is 36.9 Å². The molecular weight excluding hydrogens is 332 g/mol. The summed E-state index contributed by atoms with van der Waals surface area (Å²) in [6.07, 6.45) is 4.23. The van der Waals surface area contributed by atoms with E-state index >= 15 is 0 Å². The molecule has 0 saturated carbocycles. The van der Waals surface area contributed by atoms with Gasteiger partial charge in [-0.25, -0.2) is 0 Å². The third-order valence-electron chi connectivity index (χ3n) is 5.25. The summed E-state index contributed by atoms with van der Waals surface area (Å²) in [4.78, 5) is 41.0. The third kappa shape index (κ3) is 3.64. The van der Waals surface area contributed by atoms with Gasteiger partial charge in [-0.15, -0.1) is 0 Å². The number of hydrogen-bond donors (Lipinski definition) is 1. The van der Waals surface area contributed by atoms with E-state index in [1.807, 2.05) is 0 Å². The number of ketones is 1. The first-order chi connectivity index (χ1) is 12.5. The molecule has 0 spiro atoms. The lowest BCUT2D eigenvalue weighted by atomic mass is 9.95. The molecule has 0 aromatic heterocycles. The minimum absolute atomic E-state index is 0.0406. The molecule has 2 fully saturated rings. The van der Waals surface area contributed by atoms with Crippen molar-refractivity contribution in [1.29, 1.82) is 0 Å². The number of Topliss-reactive ketones (excluding diaryl/α,β-unsaturated/α-hetero) is 1. The summed E-state index contributed by atoms with van der Waals surface area (Å²) >= 11 is 0. The second-order valence-corrected chi connectivity index (χ2v) is 6.93. The molecular formula is C20H24N2O4. The average Bonchev–Trinajstić information content (AvgIpc) is 3.16. The monoisotopic (exact) mass is 356 g/mol. The van der Waals surface area contributed by atoms with E-state index in [-0.39, 0.29) is 29.3 Å². The molecule has 0 bridgehead atoms. The number of rotatable bonds is 4. The number of likely N-dealkylation sites (tertiary alicyclic amines) is 2. The Labute approximate surface area is 153 Å². The molecule has 1 N–H and O–H groups in total. The zero-order chi connectivity index (χ0) is 18.7. The lowest BCUT2D eigenvalue weighted by Crippen LogP contribution is -2.49. The first-order valence-corrected chi connectivity index (χ1v) is 9.06. The molecule has 2 unspecified atom stereocenters. The maximum atomic E-state index is 13.0. The highest BCUT2D eigenvalue weighted by Crippen LogP contribution is 2.27. The first kappa shape index (κ1) is 18.2. The van der Waals surface area contributed by atoms with Crippen LogP contribution in [0.5, 0.6) is 5.75 Å². The van der Waals surface area contributed by atoms with E-state index in [0.717, 1.165) is 19.3 Å². The van der Waals surface area contributed by atoms with Gasteiger partial charge in [0.1, 0.15) is 5.75 Å². The van der Waals surface area contributed by atoms with Gasteiger partial charge in [-0.05, 0) is 56.0 Å². The molecule has 2 heterocycles. The van der Waals surface area contributed by atoms with Crippen LogP contribution in [0.1, 0.15) is 36.0 Å². The van der Waals surface area contributed by atoms with Crippen LogP contribution in [0, 0.1) is 5.92 Å². The van der Waals surface area contributed by atoms with Crippen molar-refractivity contribution in [2.75, 3.05) is 19.6 Å². The van der Waals surface area contributed by atoms with E-state index in [2.05, 4.69) is 6.58 Å². The highest BCUT2D eigenvalue weighted by Gasteiger charge is 2.38. The molecule has 138 valence electrons. The van der Waals surface area contributed by atoms with E-state index in [4.69, 9.17) is 0 Å². The average molecular weight is 356 g/mol. The van der Waals surface area contributed by atoms with Gasteiger partial charge in [0.15, 0.2) is 5.78 Å². The highest BCUT2D eigenvalue weighted by atomic mass is 16.3. The van der Waals surface area contributed by atoms with Crippen LogP contribution in [0.3, 0.4) is 0 Å². The zero-order valence-corrected chi connectivity index (χ0v) is 14.8. The van der Waals surface area contributed by atoms with Crippen LogP contribution < -0.4 is 0 Å². The number of phenolic OH excluding ortho intramolecular Hbond substituents is 1. The lowest BCUT2D eigenvalue weighted by molar-refractivity contribution is -0.139. The van der Waals surface area contributed by atoms with Gasteiger partial charge in [-0.1, -0.05) is 6.58 Å². The molecule has 6 heteroatoms. The fourth-order valence-electron chi connectivity index (χ4n) is 3.86. The van der Waals surface area contributed by atoms with Crippen molar-refractivity contribution in [3.8, 4) is 5.75 Å². The molecule has 2 aliphatic rings. The number of benzene rings is 1. The smallest absolute Gasteiger partial charge is 0.245 e. The largest absolute Gasteiger partial charge is 0.508 e.